The average molecular weight is 230 g/mol. The van der Waals surface area contributed by atoms with Crippen LogP contribution in [-0.2, 0) is 6.61 Å². The highest BCUT2D eigenvalue weighted by Gasteiger charge is 2.05. The van der Waals surface area contributed by atoms with E-state index in [2.05, 4.69) is 9.97 Å². The third-order valence-corrected chi connectivity index (χ3v) is 2.33. The van der Waals surface area contributed by atoms with Gasteiger partial charge in [0.2, 0.25) is 5.88 Å². The Bertz CT molecular complexity index is 527. The van der Waals surface area contributed by atoms with E-state index in [1.165, 1.54) is 0 Å². The van der Waals surface area contributed by atoms with Crippen LogP contribution in [0.2, 0.25) is 0 Å². The van der Waals surface area contributed by atoms with Crippen molar-refractivity contribution >= 4 is 0 Å². The molecule has 0 saturated carbocycles. The van der Waals surface area contributed by atoms with Crippen LogP contribution in [0.15, 0.2) is 30.5 Å². The van der Waals surface area contributed by atoms with Crippen molar-refractivity contribution in [2.75, 3.05) is 0 Å². The lowest BCUT2D eigenvalue weighted by molar-refractivity contribution is 0.281. The van der Waals surface area contributed by atoms with Gasteiger partial charge in [-0.25, -0.2) is 4.98 Å². The Hall–Kier alpha value is -1.94. The minimum atomic E-state index is -0.00429. The first kappa shape index (κ1) is 11.5. The third kappa shape index (κ3) is 2.79. The molecule has 4 heteroatoms. The summed E-state index contributed by atoms with van der Waals surface area (Å²) in [5.74, 6) is 1.15. The molecular weight excluding hydrogens is 216 g/mol. The SMILES string of the molecule is Cc1cnc(C)c(Oc2cccc(CO)c2)n1. The molecule has 0 aliphatic carbocycles. The number of rotatable bonds is 3. The lowest BCUT2D eigenvalue weighted by atomic mass is 10.2. The molecule has 2 rings (SSSR count). The Morgan fingerprint density at radius 1 is 1.29 bits per heavy atom. The van der Waals surface area contributed by atoms with Gasteiger partial charge in [-0.2, -0.15) is 0 Å². The van der Waals surface area contributed by atoms with Crippen molar-refractivity contribution in [3.63, 3.8) is 0 Å². The van der Waals surface area contributed by atoms with Crippen LogP contribution < -0.4 is 4.74 Å². The number of nitrogens with zero attached hydrogens (tertiary/aromatic N) is 2. The fraction of sp³-hybridized carbons (Fsp3) is 0.231. The lowest BCUT2D eigenvalue weighted by Gasteiger charge is -2.08. The van der Waals surface area contributed by atoms with Crippen LogP contribution in [0.4, 0.5) is 0 Å². The van der Waals surface area contributed by atoms with Crippen LogP contribution in [-0.4, -0.2) is 15.1 Å². The molecule has 0 atom stereocenters. The maximum atomic E-state index is 9.04. The summed E-state index contributed by atoms with van der Waals surface area (Å²) in [6.45, 7) is 3.71. The summed E-state index contributed by atoms with van der Waals surface area (Å²) < 4.78 is 5.65. The normalized spacial score (nSPS) is 10.3. The van der Waals surface area contributed by atoms with Crippen molar-refractivity contribution in [2.24, 2.45) is 0 Å². The molecule has 1 N–H and O–H groups in total. The van der Waals surface area contributed by atoms with Crippen LogP contribution in [0.1, 0.15) is 17.0 Å². The molecule has 2 aromatic rings. The summed E-state index contributed by atoms with van der Waals surface area (Å²) >= 11 is 0. The Morgan fingerprint density at radius 3 is 2.88 bits per heavy atom. The van der Waals surface area contributed by atoms with Gasteiger partial charge in [-0.3, -0.25) is 4.98 Å². The van der Waals surface area contributed by atoms with Crippen LogP contribution >= 0.6 is 0 Å². The smallest absolute Gasteiger partial charge is 0.241 e. The number of ether oxygens (including phenoxy) is 1. The highest BCUT2D eigenvalue weighted by molar-refractivity contribution is 5.32. The first-order valence-corrected chi connectivity index (χ1v) is 5.37. The second-order valence-electron chi connectivity index (χ2n) is 3.81. The molecule has 1 aromatic heterocycles. The topological polar surface area (TPSA) is 55.2 Å². The van der Waals surface area contributed by atoms with Gasteiger partial charge in [0.25, 0.3) is 0 Å². The second-order valence-corrected chi connectivity index (χ2v) is 3.81. The molecule has 1 aromatic carbocycles. The van der Waals surface area contributed by atoms with Crippen molar-refractivity contribution in [1.29, 1.82) is 0 Å². The minimum Gasteiger partial charge on any atom is -0.437 e. The van der Waals surface area contributed by atoms with E-state index in [0.29, 0.717) is 11.6 Å². The molecule has 17 heavy (non-hydrogen) atoms. The van der Waals surface area contributed by atoms with E-state index < -0.39 is 0 Å². The van der Waals surface area contributed by atoms with Crippen molar-refractivity contribution in [1.82, 2.24) is 9.97 Å². The van der Waals surface area contributed by atoms with E-state index in [-0.39, 0.29) is 6.61 Å². The summed E-state index contributed by atoms with van der Waals surface area (Å²) in [5, 5.41) is 9.04. The fourth-order valence-corrected chi connectivity index (χ4v) is 1.43. The minimum absolute atomic E-state index is 0.00429. The van der Waals surface area contributed by atoms with E-state index in [1.807, 2.05) is 32.0 Å². The maximum absolute atomic E-state index is 9.04. The zero-order chi connectivity index (χ0) is 12.3. The quantitative estimate of drug-likeness (QED) is 0.879. The van der Waals surface area contributed by atoms with E-state index in [4.69, 9.17) is 9.84 Å². The van der Waals surface area contributed by atoms with Gasteiger partial charge >= 0.3 is 0 Å². The highest BCUT2D eigenvalue weighted by atomic mass is 16.5. The number of aryl methyl sites for hydroxylation is 2. The van der Waals surface area contributed by atoms with Gasteiger partial charge in [0.1, 0.15) is 5.75 Å². The van der Waals surface area contributed by atoms with Crippen molar-refractivity contribution in [3.8, 4) is 11.6 Å². The van der Waals surface area contributed by atoms with E-state index >= 15 is 0 Å². The molecular formula is C13H14N2O2. The van der Waals surface area contributed by atoms with Gasteiger partial charge in [-0.05, 0) is 31.5 Å². The number of hydrogen-bond acceptors (Lipinski definition) is 4. The van der Waals surface area contributed by atoms with Crippen molar-refractivity contribution in [3.05, 3.63) is 47.4 Å². The van der Waals surface area contributed by atoms with Gasteiger partial charge < -0.3 is 9.84 Å². The molecule has 0 spiro atoms. The molecule has 0 amide bonds. The van der Waals surface area contributed by atoms with Crippen molar-refractivity contribution in [2.45, 2.75) is 20.5 Å². The lowest BCUT2D eigenvalue weighted by Crippen LogP contribution is -1.96. The Balaban J connectivity index is 2.27. The van der Waals surface area contributed by atoms with E-state index in [1.54, 1.807) is 12.3 Å². The molecule has 4 nitrogen and oxygen atoms in total. The highest BCUT2D eigenvalue weighted by Crippen LogP contribution is 2.22. The Morgan fingerprint density at radius 2 is 2.12 bits per heavy atom. The predicted molar refractivity (Wildman–Crippen MR) is 63.9 cm³/mol. The number of aromatic nitrogens is 2. The van der Waals surface area contributed by atoms with Gasteiger partial charge in [-0.1, -0.05) is 12.1 Å². The summed E-state index contributed by atoms with van der Waals surface area (Å²) in [5.41, 5.74) is 2.36. The molecule has 1 heterocycles. The summed E-state index contributed by atoms with van der Waals surface area (Å²) in [7, 11) is 0. The number of aliphatic hydroxyl groups is 1. The van der Waals surface area contributed by atoms with Crippen LogP contribution in [0.25, 0.3) is 0 Å². The zero-order valence-electron chi connectivity index (χ0n) is 9.84. The van der Waals surface area contributed by atoms with Gasteiger partial charge in [0.05, 0.1) is 18.0 Å². The van der Waals surface area contributed by atoms with E-state index in [0.717, 1.165) is 17.0 Å². The zero-order valence-corrected chi connectivity index (χ0v) is 9.84. The van der Waals surface area contributed by atoms with Gasteiger partial charge in [0.15, 0.2) is 0 Å². The van der Waals surface area contributed by atoms with Crippen LogP contribution in [0.5, 0.6) is 11.6 Å². The van der Waals surface area contributed by atoms with Gasteiger partial charge in [-0.15, -0.1) is 0 Å². The monoisotopic (exact) mass is 230 g/mol. The molecule has 0 saturated heterocycles. The maximum Gasteiger partial charge on any atom is 0.241 e. The Kier molecular flexibility index (Phi) is 3.35. The Labute approximate surface area is 99.9 Å². The molecule has 88 valence electrons. The third-order valence-electron chi connectivity index (χ3n) is 2.33. The molecule has 0 fully saturated rings. The average Bonchev–Trinajstić information content (AvgIpc) is 2.34. The molecule has 0 aliphatic heterocycles. The van der Waals surface area contributed by atoms with E-state index in [9.17, 15) is 0 Å². The van der Waals surface area contributed by atoms with Crippen LogP contribution in [0.3, 0.4) is 0 Å². The summed E-state index contributed by atoms with van der Waals surface area (Å²) in [4.78, 5) is 8.46. The summed E-state index contributed by atoms with van der Waals surface area (Å²) in [6.07, 6.45) is 1.70. The fourth-order valence-electron chi connectivity index (χ4n) is 1.43. The van der Waals surface area contributed by atoms with Gasteiger partial charge in [0, 0.05) is 6.20 Å². The number of hydrogen-bond donors (Lipinski definition) is 1. The van der Waals surface area contributed by atoms with Crippen molar-refractivity contribution < 1.29 is 9.84 Å². The molecule has 0 bridgehead atoms. The number of aliphatic hydroxyl groups excluding tert-OH is 1. The first-order chi connectivity index (χ1) is 8.19. The summed E-state index contributed by atoms with van der Waals surface area (Å²) in [6, 6.07) is 7.27. The van der Waals surface area contributed by atoms with Crippen LogP contribution in [0, 0.1) is 13.8 Å². The largest absolute Gasteiger partial charge is 0.437 e. The predicted octanol–water partition coefficient (Wildman–Crippen LogP) is 2.38. The second kappa shape index (κ2) is 4.93. The first-order valence-electron chi connectivity index (χ1n) is 5.37. The standard InChI is InChI=1S/C13H14N2O2/c1-9-7-14-10(2)13(15-9)17-12-5-3-4-11(6-12)8-16/h3-7,16H,8H2,1-2H3. The molecule has 0 radical (unpaired) electrons. The molecule has 0 unspecified atom stereocenters. The molecule has 0 aliphatic rings. The number of benzene rings is 1.